The highest BCUT2D eigenvalue weighted by molar-refractivity contribution is 7.13. The Hall–Kier alpha value is -1.63. The molecule has 0 amide bonds. The van der Waals surface area contributed by atoms with Crippen molar-refractivity contribution in [3.8, 4) is 0 Å². The lowest BCUT2D eigenvalue weighted by Crippen LogP contribution is -2.32. The molecule has 0 saturated heterocycles. The van der Waals surface area contributed by atoms with Gasteiger partial charge in [-0.1, -0.05) is 5.16 Å². The highest BCUT2D eigenvalue weighted by Crippen LogP contribution is 2.11. The van der Waals surface area contributed by atoms with Gasteiger partial charge in [0.2, 0.25) is 0 Å². The fourth-order valence-corrected chi connectivity index (χ4v) is 1.22. The molecule has 0 unspecified atom stereocenters. The van der Waals surface area contributed by atoms with Crippen LogP contribution in [0, 0.1) is 0 Å². The molecule has 0 spiro atoms. The van der Waals surface area contributed by atoms with Crippen molar-refractivity contribution in [3.63, 3.8) is 0 Å². The van der Waals surface area contributed by atoms with Crippen LogP contribution in [0.15, 0.2) is 10.5 Å². The first-order valence-corrected chi connectivity index (χ1v) is 4.07. The molecule has 1 heterocycles. The molecular weight excluding hydrogens is 194 g/mol. The lowest BCUT2D eigenvalue weighted by molar-refractivity contribution is -0.294. The summed E-state index contributed by atoms with van der Waals surface area (Å²) >= 11 is 1.12. The Kier molecular flexibility index (Phi) is 2.80. The fourth-order valence-electron chi connectivity index (χ4n) is 0.676. The maximum atomic E-state index is 10.5. The van der Waals surface area contributed by atoms with Gasteiger partial charge in [0, 0.05) is 5.38 Å². The number of nitrogens with two attached hydrogens (primary N) is 1. The Morgan fingerprint density at radius 1 is 1.85 bits per heavy atom. The maximum Gasteiger partial charge on any atom is 0.180 e. The lowest BCUT2D eigenvalue weighted by atomic mass is 10.3. The van der Waals surface area contributed by atoms with E-state index in [2.05, 4.69) is 15.0 Å². The first-order chi connectivity index (χ1) is 6.15. The first kappa shape index (κ1) is 9.46. The van der Waals surface area contributed by atoms with Crippen molar-refractivity contribution in [2.24, 2.45) is 5.16 Å². The van der Waals surface area contributed by atoms with Crippen LogP contribution in [0.1, 0.15) is 5.69 Å². The van der Waals surface area contributed by atoms with E-state index in [4.69, 9.17) is 5.73 Å². The van der Waals surface area contributed by atoms with Gasteiger partial charge >= 0.3 is 0 Å². The minimum atomic E-state index is -1.45. The number of rotatable bonds is 3. The number of anilines is 1. The molecule has 13 heavy (non-hydrogen) atoms. The van der Waals surface area contributed by atoms with E-state index in [9.17, 15) is 9.90 Å². The van der Waals surface area contributed by atoms with Crippen LogP contribution < -0.4 is 10.8 Å². The summed E-state index contributed by atoms with van der Waals surface area (Å²) in [5.74, 6) is -1.45. The van der Waals surface area contributed by atoms with Gasteiger partial charge in [-0.2, -0.15) is 0 Å². The number of oxime groups is 1. The number of nitrogens with zero attached hydrogens (tertiary/aromatic N) is 2. The number of hydrogen-bond donors (Lipinski definition) is 1. The molecule has 0 radical (unpaired) electrons. The van der Waals surface area contributed by atoms with Crippen molar-refractivity contribution >= 4 is 28.1 Å². The van der Waals surface area contributed by atoms with Crippen LogP contribution in [0.2, 0.25) is 0 Å². The molecule has 7 heteroatoms. The summed E-state index contributed by atoms with van der Waals surface area (Å²) in [7, 11) is 1.23. The third kappa shape index (κ3) is 2.15. The Morgan fingerprint density at radius 2 is 2.54 bits per heavy atom. The molecule has 0 aliphatic carbocycles. The fraction of sp³-hybridized carbons (Fsp3) is 0.167. The van der Waals surface area contributed by atoms with E-state index in [-0.39, 0.29) is 16.5 Å². The number of aliphatic carboxylic acids is 1. The monoisotopic (exact) mass is 200 g/mol. The van der Waals surface area contributed by atoms with E-state index in [0.29, 0.717) is 0 Å². The van der Waals surface area contributed by atoms with Gasteiger partial charge in [0.05, 0.1) is 5.97 Å². The number of carbonyl (C=O) groups excluding carboxylic acids is 1. The Balaban J connectivity index is 3.02. The predicted octanol–water partition coefficient (Wildman–Crippen LogP) is -1.17. The minimum absolute atomic E-state index is 0.143. The Labute approximate surface area is 77.6 Å². The quantitative estimate of drug-likeness (QED) is 0.489. The van der Waals surface area contributed by atoms with Crippen LogP contribution in [0.25, 0.3) is 0 Å². The molecule has 0 fully saturated rings. The van der Waals surface area contributed by atoms with E-state index in [0.717, 1.165) is 11.3 Å². The summed E-state index contributed by atoms with van der Waals surface area (Å²) in [6, 6.07) is 0. The van der Waals surface area contributed by atoms with E-state index in [1.54, 1.807) is 0 Å². The van der Waals surface area contributed by atoms with Gasteiger partial charge < -0.3 is 20.5 Å². The SMILES string of the molecule is CO/N=C(\C(=O)[O-])c1csc(N)n1. The molecule has 0 aliphatic heterocycles. The third-order valence-electron chi connectivity index (χ3n) is 1.14. The highest BCUT2D eigenvalue weighted by atomic mass is 32.1. The predicted molar refractivity (Wildman–Crippen MR) is 45.1 cm³/mol. The van der Waals surface area contributed by atoms with Gasteiger partial charge in [0.1, 0.15) is 12.8 Å². The second-order valence-corrected chi connectivity index (χ2v) is 2.87. The molecule has 70 valence electrons. The van der Waals surface area contributed by atoms with Crippen molar-refractivity contribution < 1.29 is 14.7 Å². The smallest absolute Gasteiger partial charge is 0.180 e. The normalized spacial score (nSPS) is 11.3. The second kappa shape index (κ2) is 3.85. The minimum Gasteiger partial charge on any atom is -0.543 e. The van der Waals surface area contributed by atoms with Crippen LogP contribution in [-0.4, -0.2) is 23.8 Å². The van der Waals surface area contributed by atoms with Gasteiger partial charge in [-0.25, -0.2) is 4.98 Å². The number of carboxylic acids is 1. The van der Waals surface area contributed by atoms with Crippen LogP contribution in [0.3, 0.4) is 0 Å². The van der Waals surface area contributed by atoms with E-state index < -0.39 is 5.97 Å². The summed E-state index contributed by atoms with van der Waals surface area (Å²) in [5.41, 5.74) is 5.09. The zero-order valence-corrected chi connectivity index (χ0v) is 7.50. The topological polar surface area (TPSA) is 101 Å². The molecule has 1 aromatic heterocycles. The van der Waals surface area contributed by atoms with Crippen molar-refractivity contribution in [1.82, 2.24) is 4.98 Å². The van der Waals surface area contributed by atoms with E-state index >= 15 is 0 Å². The van der Waals surface area contributed by atoms with Crippen LogP contribution in [-0.2, 0) is 9.63 Å². The Bertz CT molecular complexity index is 347. The summed E-state index contributed by atoms with van der Waals surface area (Å²) in [6.07, 6.45) is 0. The lowest BCUT2D eigenvalue weighted by Gasteiger charge is -2.01. The number of hydrogen-bond acceptors (Lipinski definition) is 7. The molecule has 0 aromatic carbocycles. The van der Waals surface area contributed by atoms with Crippen LogP contribution >= 0.6 is 11.3 Å². The zero-order valence-electron chi connectivity index (χ0n) is 6.68. The molecule has 1 rings (SSSR count). The summed E-state index contributed by atoms with van der Waals surface area (Å²) in [4.78, 5) is 18.5. The molecule has 0 bridgehead atoms. The molecule has 1 aromatic rings. The van der Waals surface area contributed by atoms with Crippen molar-refractivity contribution in [2.45, 2.75) is 0 Å². The maximum absolute atomic E-state index is 10.5. The van der Waals surface area contributed by atoms with Crippen molar-refractivity contribution in [2.75, 3.05) is 12.8 Å². The van der Waals surface area contributed by atoms with Gasteiger partial charge in [0.25, 0.3) is 0 Å². The molecule has 0 saturated carbocycles. The molecule has 0 atom stereocenters. The van der Waals surface area contributed by atoms with Gasteiger partial charge in [-0.05, 0) is 0 Å². The largest absolute Gasteiger partial charge is 0.543 e. The standard InChI is InChI=1S/C6H7N3O3S/c1-12-9-4(5(10)11)3-2-13-6(7)8-3/h2H,1H3,(H2,7,8)(H,10,11)/p-1/b9-4-. The third-order valence-corrected chi connectivity index (χ3v) is 1.81. The van der Waals surface area contributed by atoms with Crippen LogP contribution in [0.4, 0.5) is 5.13 Å². The molecule has 0 aliphatic rings. The molecule has 2 N–H and O–H groups in total. The Morgan fingerprint density at radius 3 is 2.92 bits per heavy atom. The number of thiazole rings is 1. The molecule has 6 nitrogen and oxygen atoms in total. The average molecular weight is 200 g/mol. The number of carbonyl (C=O) groups is 1. The number of aromatic nitrogens is 1. The summed E-state index contributed by atoms with van der Waals surface area (Å²) < 4.78 is 0. The van der Waals surface area contributed by atoms with E-state index in [1.807, 2.05) is 0 Å². The number of nitrogen functional groups attached to an aromatic ring is 1. The van der Waals surface area contributed by atoms with Gasteiger partial charge in [-0.3, -0.25) is 0 Å². The summed E-state index contributed by atoms with van der Waals surface area (Å²) in [6.45, 7) is 0. The zero-order chi connectivity index (χ0) is 9.84. The number of carboxylic acid groups (broad SMARTS) is 1. The highest BCUT2D eigenvalue weighted by Gasteiger charge is 2.09. The van der Waals surface area contributed by atoms with Crippen molar-refractivity contribution in [3.05, 3.63) is 11.1 Å². The molecular formula is C6H6N3O3S-. The summed E-state index contributed by atoms with van der Waals surface area (Å²) in [5, 5.41) is 15.5. The second-order valence-electron chi connectivity index (χ2n) is 1.98. The first-order valence-electron chi connectivity index (χ1n) is 3.19. The van der Waals surface area contributed by atoms with Crippen LogP contribution in [0.5, 0.6) is 0 Å². The van der Waals surface area contributed by atoms with Crippen molar-refractivity contribution in [1.29, 1.82) is 0 Å². The average Bonchev–Trinajstić information content (AvgIpc) is 2.46. The van der Waals surface area contributed by atoms with Gasteiger partial charge in [0.15, 0.2) is 10.8 Å². The van der Waals surface area contributed by atoms with E-state index in [1.165, 1.54) is 12.5 Å². The van der Waals surface area contributed by atoms with Gasteiger partial charge in [-0.15, -0.1) is 11.3 Å².